The molecule has 0 aliphatic carbocycles. The third kappa shape index (κ3) is 5.53. The summed E-state index contributed by atoms with van der Waals surface area (Å²) in [4.78, 5) is 33.9. The van der Waals surface area contributed by atoms with Crippen LogP contribution < -0.4 is 15.4 Å². The Morgan fingerprint density at radius 3 is 2.61 bits per heavy atom. The van der Waals surface area contributed by atoms with Gasteiger partial charge >= 0.3 is 0 Å². The minimum absolute atomic E-state index is 0.131. The summed E-state index contributed by atoms with van der Waals surface area (Å²) in [5.41, 5.74) is 1.83. The average molecular weight is 444 g/mol. The van der Waals surface area contributed by atoms with Crippen LogP contribution in [0.1, 0.15) is 17.4 Å². The predicted molar refractivity (Wildman–Crippen MR) is 119 cm³/mol. The normalized spacial score (nSPS) is 10.5. The van der Waals surface area contributed by atoms with Gasteiger partial charge in [-0.3, -0.25) is 14.6 Å². The molecule has 4 rings (SSSR count). The first-order chi connectivity index (χ1) is 16.1. The van der Waals surface area contributed by atoms with Crippen LogP contribution in [-0.2, 0) is 11.3 Å². The summed E-state index contributed by atoms with van der Waals surface area (Å²) >= 11 is 0. The molecule has 0 radical (unpaired) electrons. The van der Waals surface area contributed by atoms with Gasteiger partial charge < -0.3 is 15.4 Å². The van der Waals surface area contributed by atoms with Crippen LogP contribution >= 0.6 is 0 Å². The lowest BCUT2D eigenvalue weighted by Gasteiger charge is -2.08. The Labute approximate surface area is 188 Å². The fourth-order valence-electron chi connectivity index (χ4n) is 2.94. The molecule has 2 N–H and O–H groups in total. The van der Waals surface area contributed by atoms with Gasteiger partial charge in [-0.25, -0.2) is 4.98 Å². The third-order valence-electron chi connectivity index (χ3n) is 4.40. The Kier molecular flexibility index (Phi) is 6.59. The summed E-state index contributed by atoms with van der Waals surface area (Å²) in [5.74, 6) is 0.257. The zero-order valence-electron chi connectivity index (χ0n) is 17.7. The summed E-state index contributed by atoms with van der Waals surface area (Å²) in [6, 6.07) is 14.1. The zero-order chi connectivity index (χ0) is 23.0. The molecule has 2 heterocycles. The molecule has 0 saturated carbocycles. The van der Waals surface area contributed by atoms with E-state index in [0.29, 0.717) is 23.5 Å². The van der Waals surface area contributed by atoms with E-state index < -0.39 is 5.91 Å². The number of hydrogen-bond acceptors (Lipinski definition) is 8. The molecular weight excluding hydrogens is 424 g/mol. The monoisotopic (exact) mass is 444 g/mol. The van der Waals surface area contributed by atoms with Crippen molar-refractivity contribution >= 4 is 23.2 Å². The van der Waals surface area contributed by atoms with Crippen molar-refractivity contribution in [3.8, 4) is 17.1 Å². The second kappa shape index (κ2) is 10.1. The van der Waals surface area contributed by atoms with Crippen molar-refractivity contribution < 1.29 is 14.3 Å². The molecule has 0 unspecified atom stereocenters. The van der Waals surface area contributed by atoms with Crippen LogP contribution in [0.2, 0.25) is 0 Å². The lowest BCUT2D eigenvalue weighted by Crippen LogP contribution is -2.20. The second-order valence-electron chi connectivity index (χ2n) is 6.74. The third-order valence-corrected chi connectivity index (χ3v) is 4.40. The van der Waals surface area contributed by atoms with Crippen LogP contribution in [0.25, 0.3) is 11.4 Å². The van der Waals surface area contributed by atoms with Crippen molar-refractivity contribution in [1.29, 1.82) is 0 Å². The lowest BCUT2D eigenvalue weighted by atomic mass is 10.1. The van der Waals surface area contributed by atoms with Crippen molar-refractivity contribution in [3.05, 3.63) is 72.8 Å². The van der Waals surface area contributed by atoms with E-state index in [1.54, 1.807) is 48.5 Å². The summed E-state index contributed by atoms with van der Waals surface area (Å²) < 4.78 is 5.39. The molecule has 0 fully saturated rings. The van der Waals surface area contributed by atoms with Gasteiger partial charge in [0.1, 0.15) is 18.0 Å². The number of tetrazole rings is 1. The molecule has 0 bridgehead atoms. The number of amides is 2. The zero-order valence-corrected chi connectivity index (χ0v) is 17.7. The highest BCUT2D eigenvalue weighted by molar-refractivity contribution is 6.04. The van der Waals surface area contributed by atoms with Crippen LogP contribution in [0.4, 0.5) is 11.4 Å². The Morgan fingerprint density at radius 2 is 1.85 bits per heavy atom. The quantitative estimate of drug-likeness (QED) is 0.423. The first-order valence-electron chi connectivity index (χ1n) is 10.1. The van der Waals surface area contributed by atoms with Gasteiger partial charge in [0.2, 0.25) is 11.7 Å². The maximum Gasteiger partial charge on any atom is 0.275 e. The Bertz CT molecular complexity index is 1240. The van der Waals surface area contributed by atoms with Gasteiger partial charge in [0.05, 0.1) is 18.5 Å². The first-order valence-corrected chi connectivity index (χ1v) is 10.1. The summed E-state index contributed by atoms with van der Waals surface area (Å²) in [6.45, 7) is 2.34. The average Bonchev–Trinajstić information content (AvgIpc) is 3.29. The maximum absolute atomic E-state index is 12.4. The van der Waals surface area contributed by atoms with E-state index in [0.717, 1.165) is 5.75 Å². The minimum atomic E-state index is -0.419. The number of anilines is 2. The van der Waals surface area contributed by atoms with Gasteiger partial charge in [0.15, 0.2) is 0 Å². The van der Waals surface area contributed by atoms with Crippen LogP contribution in [-0.4, -0.2) is 48.6 Å². The molecule has 2 amide bonds. The number of rotatable bonds is 8. The number of para-hydroxylation sites is 1. The SMILES string of the molecule is CCOc1ccc(NC(=O)Cn2nnc(-c3ccccc3NC(=O)c3cnccn3)n2)cc1. The van der Waals surface area contributed by atoms with Crippen molar-refractivity contribution in [1.82, 2.24) is 30.2 Å². The summed E-state index contributed by atoms with van der Waals surface area (Å²) in [6.07, 6.45) is 4.29. The smallest absolute Gasteiger partial charge is 0.275 e. The molecule has 166 valence electrons. The molecular formula is C22H20N8O3. The first kappa shape index (κ1) is 21.6. The van der Waals surface area contributed by atoms with Crippen molar-refractivity contribution in [2.75, 3.05) is 17.2 Å². The Hall–Kier alpha value is -4.67. The second-order valence-corrected chi connectivity index (χ2v) is 6.74. The molecule has 0 aliphatic heterocycles. The van der Waals surface area contributed by atoms with Crippen LogP contribution in [0.3, 0.4) is 0 Å². The standard InChI is InChI=1S/C22H20N8O3/c1-2-33-16-9-7-15(8-10-16)25-20(31)14-30-28-21(27-29-30)17-5-3-4-6-18(17)26-22(32)19-13-23-11-12-24-19/h3-13H,2,14H2,1H3,(H,25,31)(H,26,32). The highest BCUT2D eigenvalue weighted by Gasteiger charge is 2.15. The maximum atomic E-state index is 12.4. The summed E-state index contributed by atoms with van der Waals surface area (Å²) in [5, 5.41) is 17.8. The van der Waals surface area contributed by atoms with Crippen LogP contribution in [0.15, 0.2) is 67.1 Å². The number of nitrogens with zero attached hydrogens (tertiary/aromatic N) is 6. The molecule has 0 aliphatic rings. The number of ether oxygens (including phenoxy) is 1. The number of nitrogens with one attached hydrogen (secondary N) is 2. The Balaban J connectivity index is 1.43. The highest BCUT2D eigenvalue weighted by Crippen LogP contribution is 2.24. The molecule has 33 heavy (non-hydrogen) atoms. The molecule has 2 aromatic carbocycles. The van der Waals surface area contributed by atoms with E-state index in [-0.39, 0.29) is 24.0 Å². The molecule has 11 heteroatoms. The van der Waals surface area contributed by atoms with Crippen LogP contribution in [0.5, 0.6) is 5.75 Å². The molecule has 11 nitrogen and oxygen atoms in total. The molecule has 2 aromatic heterocycles. The Morgan fingerprint density at radius 1 is 1.03 bits per heavy atom. The number of aromatic nitrogens is 6. The highest BCUT2D eigenvalue weighted by atomic mass is 16.5. The molecule has 0 atom stereocenters. The lowest BCUT2D eigenvalue weighted by molar-refractivity contribution is -0.117. The van der Waals surface area contributed by atoms with Crippen LogP contribution in [0, 0.1) is 0 Å². The van der Waals surface area contributed by atoms with E-state index >= 15 is 0 Å². The van der Waals surface area contributed by atoms with Gasteiger partial charge in [-0.1, -0.05) is 12.1 Å². The van der Waals surface area contributed by atoms with E-state index in [9.17, 15) is 9.59 Å². The van der Waals surface area contributed by atoms with Crippen molar-refractivity contribution in [2.45, 2.75) is 13.5 Å². The van der Waals surface area contributed by atoms with Gasteiger partial charge in [0.25, 0.3) is 5.91 Å². The largest absolute Gasteiger partial charge is 0.494 e. The number of benzene rings is 2. The molecule has 0 spiro atoms. The van der Waals surface area contributed by atoms with E-state index in [1.807, 2.05) is 6.92 Å². The van der Waals surface area contributed by atoms with Gasteiger partial charge in [-0.05, 0) is 48.5 Å². The molecule has 4 aromatic rings. The van der Waals surface area contributed by atoms with Gasteiger partial charge in [-0.15, -0.1) is 10.2 Å². The predicted octanol–water partition coefficient (Wildman–Crippen LogP) is 2.42. The number of hydrogen-bond donors (Lipinski definition) is 2. The van der Waals surface area contributed by atoms with E-state index in [2.05, 4.69) is 36.0 Å². The topological polar surface area (TPSA) is 137 Å². The van der Waals surface area contributed by atoms with Gasteiger partial charge in [-0.2, -0.15) is 4.80 Å². The van der Waals surface area contributed by atoms with E-state index in [1.165, 1.54) is 23.4 Å². The number of carbonyl (C=O) groups excluding carboxylic acids is 2. The summed E-state index contributed by atoms with van der Waals surface area (Å²) in [7, 11) is 0. The van der Waals surface area contributed by atoms with Crippen molar-refractivity contribution in [2.24, 2.45) is 0 Å². The van der Waals surface area contributed by atoms with Gasteiger partial charge in [0, 0.05) is 23.6 Å². The fraction of sp³-hybridized carbons (Fsp3) is 0.136. The number of carbonyl (C=O) groups is 2. The van der Waals surface area contributed by atoms with E-state index in [4.69, 9.17) is 4.74 Å². The molecule has 0 saturated heterocycles. The fourth-order valence-corrected chi connectivity index (χ4v) is 2.94. The van der Waals surface area contributed by atoms with Crippen molar-refractivity contribution in [3.63, 3.8) is 0 Å². The minimum Gasteiger partial charge on any atom is -0.494 e.